The van der Waals surface area contributed by atoms with E-state index >= 15 is 0 Å². The Labute approximate surface area is 126 Å². The van der Waals surface area contributed by atoms with Gasteiger partial charge in [0.15, 0.2) is 0 Å². The van der Waals surface area contributed by atoms with Crippen molar-refractivity contribution in [2.24, 2.45) is 0 Å². The molecule has 2 aromatic heterocycles. The van der Waals surface area contributed by atoms with Crippen LogP contribution in [0.5, 0.6) is 0 Å². The highest BCUT2D eigenvalue weighted by molar-refractivity contribution is 9.11. The van der Waals surface area contributed by atoms with Gasteiger partial charge in [-0.25, -0.2) is 0 Å². The van der Waals surface area contributed by atoms with Crippen LogP contribution in [0.4, 0.5) is 0 Å². The lowest BCUT2D eigenvalue weighted by Crippen LogP contribution is -2.24. The standard InChI is InChI=1S/C15H17BrN2S/c1-10-4-3-7-17-13(10)9-18-12-5-2-6-14-11(12)8-15(16)19-14/h3-4,7-8,12,18H,2,5-6,9H2,1H3. The molecule has 4 heteroatoms. The highest BCUT2D eigenvalue weighted by Gasteiger charge is 2.22. The van der Waals surface area contributed by atoms with Crippen molar-refractivity contribution in [3.63, 3.8) is 0 Å². The molecule has 0 aliphatic heterocycles. The van der Waals surface area contributed by atoms with E-state index in [0.717, 1.165) is 12.2 Å². The van der Waals surface area contributed by atoms with Gasteiger partial charge in [-0.3, -0.25) is 4.98 Å². The van der Waals surface area contributed by atoms with Crippen molar-refractivity contribution in [1.29, 1.82) is 0 Å². The SMILES string of the molecule is Cc1cccnc1CNC1CCCc2sc(Br)cc21. The van der Waals surface area contributed by atoms with E-state index in [2.05, 4.69) is 45.3 Å². The Morgan fingerprint density at radius 3 is 3.26 bits per heavy atom. The van der Waals surface area contributed by atoms with Gasteiger partial charge in [0, 0.05) is 23.7 Å². The molecule has 2 heterocycles. The van der Waals surface area contributed by atoms with Gasteiger partial charge in [0.2, 0.25) is 0 Å². The summed E-state index contributed by atoms with van der Waals surface area (Å²) >= 11 is 5.49. The zero-order valence-corrected chi connectivity index (χ0v) is 13.4. The summed E-state index contributed by atoms with van der Waals surface area (Å²) in [6.45, 7) is 2.97. The van der Waals surface area contributed by atoms with Crippen LogP contribution in [0.3, 0.4) is 0 Å². The summed E-state index contributed by atoms with van der Waals surface area (Å²) in [5, 5.41) is 3.67. The number of hydrogen-bond donors (Lipinski definition) is 1. The molecule has 0 amide bonds. The van der Waals surface area contributed by atoms with Crippen LogP contribution < -0.4 is 5.32 Å². The molecule has 0 bridgehead atoms. The molecule has 3 rings (SSSR count). The third kappa shape index (κ3) is 2.91. The number of thiophene rings is 1. The van der Waals surface area contributed by atoms with Crippen LogP contribution in [0, 0.1) is 6.92 Å². The maximum absolute atomic E-state index is 4.45. The number of nitrogens with zero attached hydrogens (tertiary/aromatic N) is 1. The zero-order valence-electron chi connectivity index (χ0n) is 10.9. The first-order valence-corrected chi connectivity index (χ1v) is 8.27. The van der Waals surface area contributed by atoms with Gasteiger partial charge in [0.05, 0.1) is 9.48 Å². The fourth-order valence-electron chi connectivity index (χ4n) is 2.66. The fourth-order valence-corrected chi connectivity index (χ4v) is 4.48. The van der Waals surface area contributed by atoms with Crippen LogP contribution in [0.1, 0.15) is 40.6 Å². The molecule has 0 fully saturated rings. The number of pyridine rings is 1. The van der Waals surface area contributed by atoms with Crippen LogP contribution >= 0.6 is 27.3 Å². The summed E-state index contributed by atoms with van der Waals surface area (Å²) in [6.07, 6.45) is 5.60. The van der Waals surface area contributed by atoms with Crippen LogP contribution in [-0.4, -0.2) is 4.98 Å². The largest absolute Gasteiger partial charge is 0.304 e. The third-order valence-corrected chi connectivity index (χ3v) is 5.43. The Balaban J connectivity index is 1.73. The molecule has 1 N–H and O–H groups in total. The normalized spacial score (nSPS) is 18.3. The second-order valence-corrected chi connectivity index (χ2v) is 7.54. The first-order valence-electron chi connectivity index (χ1n) is 6.66. The van der Waals surface area contributed by atoms with Gasteiger partial charge in [-0.2, -0.15) is 0 Å². The van der Waals surface area contributed by atoms with E-state index in [4.69, 9.17) is 0 Å². The van der Waals surface area contributed by atoms with Crippen molar-refractivity contribution in [3.05, 3.63) is 49.9 Å². The monoisotopic (exact) mass is 336 g/mol. The molecular weight excluding hydrogens is 320 g/mol. The van der Waals surface area contributed by atoms with Crippen molar-refractivity contribution in [3.8, 4) is 0 Å². The Morgan fingerprint density at radius 1 is 1.53 bits per heavy atom. The maximum atomic E-state index is 4.45. The number of nitrogens with one attached hydrogen (secondary N) is 1. The summed E-state index contributed by atoms with van der Waals surface area (Å²) in [5.41, 5.74) is 3.90. The van der Waals surface area contributed by atoms with Crippen molar-refractivity contribution in [2.75, 3.05) is 0 Å². The second kappa shape index (κ2) is 5.73. The van der Waals surface area contributed by atoms with Gasteiger partial charge in [0.1, 0.15) is 0 Å². The number of rotatable bonds is 3. The average molecular weight is 337 g/mol. The Morgan fingerprint density at radius 2 is 2.42 bits per heavy atom. The van der Waals surface area contributed by atoms with Gasteiger partial charge < -0.3 is 5.32 Å². The first-order chi connectivity index (χ1) is 9.24. The molecule has 0 radical (unpaired) electrons. The number of halogens is 1. The Kier molecular flexibility index (Phi) is 4.01. The van der Waals surface area contributed by atoms with Gasteiger partial charge in [-0.15, -0.1) is 11.3 Å². The van der Waals surface area contributed by atoms with Gasteiger partial charge in [0.25, 0.3) is 0 Å². The van der Waals surface area contributed by atoms with E-state index in [1.54, 1.807) is 0 Å². The quantitative estimate of drug-likeness (QED) is 0.899. The van der Waals surface area contributed by atoms with Crippen LogP contribution in [0.15, 0.2) is 28.2 Å². The second-order valence-electron chi connectivity index (χ2n) is 5.02. The van der Waals surface area contributed by atoms with Crippen molar-refractivity contribution >= 4 is 27.3 Å². The molecule has 0 aromatic carbocycles. The molecule has 100 valence electrons. The predicted octanol–water partition coefficient (Wildman–Crippen LogP) is 4.38. The number of hydrogen-bond acceptors (Lipinski definition) is 3. The molecule has 1 unspecified atom stereocenters. The molecule has 1 atom stereocenters. The molecule has 19 heavy (non-hydrogen) atoms. The molecule has 1 aliphatic carbocycles. The van der Waals surface area contributed by atoms with Gasteiger partial charge in [-0.05, 0) is 65.4 Å². The first kappa shape index (κ1) is 13.3. The maximum Gasteiger partial charge on any atom is 0.0704 e. The third-order valence-electron chi connectivity index (χ3n) is 3.72. The highest BCUT2D eigenvalue weighted by Crippen LogP contribution is 2.38. The molecule has 0 saturated carbocycles. The van der Waals surface area contributed by atoms with E-state index in [0.29, 0.717) is 6.04 Å². The lowest BCUT2D eigenvalue weighted by molar-refractivity contribution is 0.459. The molecule has 0 saturated heterocycles. The van der Waals surface area contributed by atoms with E-state index in [1.807, 2.05) is 23.6 Å². The summed E-state index contributed by atoms with van der Waals surface area (Å²) in [4.78, 5) is 5.99. The fraction of sp³-hybridized carbons (Fsp3) is 0.400. The average Bonchev–Trinajstić information content (AvgIpc) is 2.78. The van der Waals surface area contributed by atoms with Gasteiger partial charge >= 0.3 is 0 Å². The Bertz CT molecular complexity index is 579. The van der Waals surface area contributed by atoms with E-state index in [-0.39, 0.29) is 0 Å². The number of aryl methyl sites for hydroxylation is 2. The van der Waals surface area contributed by atoms with Gasteiger partial charge in [-0.1, -0.05) is 6.07 Å². The lowest BCUT2D eigenvalue weighted by atomic mass is 9.94. The number of fused-ring (bicyclic) bond motifs is 1. The summed E-state index contributed by atoms with van der Waals surface area (Å²) in [5.74, 6) is 0. The van der Waals surface area contributed by atoms with Crippen LogP contribution in [0.25, 0.3) is 0 Å². The summed E-state index contributed by atoms with van der Waals surface area (Å²) in [6, 6.07) is 6.88. The minimum Gasteiger partial charge on any atom is -0.304 e. The van der Waals surface area contributed by atoms with E-state index in [1.165, 1.54) is 39.1 Å². The van der Waals surface area contributed by atoms with Crippen LogP contribution in [-0.2, 0) is 13.0 Å². The Hall–Kier alpha value is -0.710. The van der Waals surface area contributed by atoms with Crippen LogP contribution in [0.2, 0.25) is 0 Å². The smallest absolute Gasteiger partial charge is 0.0704 e. The van der Waals surface area contributed by atoms with Crippen molar-refractivity contribution in [1.82, 2.24) is 10.3 Å². The van der Waals surface area contributed by atoms with Crippen molar-refractivity contribution in [2.45, 2.75) is 38.8 Å². The van der Waals surface area contributed by atoms with E-state index in [9.17, 15) is 0 Å². The minimum absolute atomic E-state index is 0.479. The molecule has 1 aliphatic rings. The minimum atomic E-state index is 0.479. The summed E-state index contributed by atoms with van der Waals surface area (Å²) in [7, 11) is 0. The molecule has 0 spiro atoms. The predicted molar refractivity (Wildman–Crippen MR) is 83.5 cm³/mol. The molecular formula is C15H17BrN2S. The molecule has 2 aromatic rings. The zero-order chi connectivity index (χ0) is 13.2. The number of aromatic nitrogens is 1. The highest BCUT2D eigenvalue weighted by atomic mass is 79.9. The lowest BCUT2D eigenvalue weighted by Gasteiger charge is -2.23. The topological polar surface area (TPSA) is 24.9 Å². The summed E-state index contributed by atoms with van der Waals surface area (Å²) < 4.78 is 1.25. The van der Waals surface area contributed by atoms with Crippen molar-refractivity contribution < 1.29 is 0 Å². The molecule has 2 nitrogen and oxygen atoms in total. The van der Waals surface area contributed by atoms with E-state index < -0.39 is 0 Å².